The van der Waals surface area contributed by atoms with Crippen LogP contribution in [0.1, 0.15) is 5.56 Å². The Labute approximate surface area is 156 Å². The number of nitrogens with two attached hydrogens (primary N) is 1. The van der Waals surface area contributed by atoms with Crippen LogP contribution in [-0.4, -0.2) is 23.7 Å². The molecule has 0 fully saturated rings. The van der Waals surface area contributed by atoms with Crippen molar-refractivity contribution in [3.05, 3.63) is 76.8 Å². The SMILES string of the molecule is NCCNC1=CC2=C(O)N(c3ccc(Cl)cc3)NN2c2ccccc21.O. The minimum atomic E-state index is 0. The lowest BCUT2D eigenvalue weighted by atomic mass is 10.0. The predicted octanol–water partition coefficient (Wildman–Crippen LogP) is 1.89. The zero-order valence-corrected chi connectivity index (χ0v) is 14.7. The number of nitrogens with one attached hydrogen (secondary N) is 2. The van der Waals surface area contributed by atoms with Crippen molar-refractivity contribution < 1.29 is 10.6 Å². The van der Waals surface area contributed by atoms with Gasteiger partial charge in [0.15, 0.2) is 0 Å². The second-order valence-corrected chi connectivity index (χ2v) is 6.18. The van der Waals surface area contributed by atoms with Gasteiger partial charge < -0.3 is 21.6 Å². The van der Waals surface area contributed by atoms with Crippen molar-refractivity contribution in [3.8, 4) is 0 Å². The second kappa shape index (κ2) is 7.27. The summed E-state index contributed by atoms with van der Waals surface area (Å²) in [5, 5.41) is 18.2. The summed E-state index contributed by atoms with van der Waals surface area (Å²) in [7, 11) is 0. The quantitative estimate of drug-likeness (QED) is 0.651. The van der Waals surface area contributed by atoms with Crippen LogP contribution in [-0.2, 0) is 0 Å². The Bertz CT molecular complexity index is 866. The summed E-state index contributed by atoms with van der Waals surface area (Å²) >= 11 is 5.96. The summed E-state index contributed by atoms with van der Waals surface area (Å²) in [5.41, 5.74) is 13.2. The van der Waals surface area contributed by atoms with Crippen molar-refractivity contribution in [1.82, 2.24) is 10.9 Å². The first-order chi connectivity index (χ1) is 12.2. The van der Waals surface area contributed by atoms with Gasteiger partial charge in [-0.2, -0.15) is 0 Å². The number of hydrogen-bond donors (Lipinski definition) is 4. The van der Waals surface area contributed by atoms with Crippen molar-refractivity contribution in [2.24, 2.45) is 5.73 Å². The van der Waals surface area contributed by atoms with Crippen LogP contribution < -0.4 is 26.6 Å². The van der Waals surface area contributed by atoms with Crippen LogP contribution in [0.3, 0.4) is 0 Å². The van der Waals surface area contributed by atoms with Crippen LogP contribution in [0.5, 0.6) is 0 Å². The first-order valence-corrected chi connectivity index (χ1v) is 8.37. The van der Waals surface area contributed by atoms with Gasteiger partial charge in [0.05, 0.1) is 11.4 Å². The molecule has 2 aliphatic heterocycles. The average Bonchev–Trinajstić information content (AvgIpc) is 2.97. The largest absolute Gasteiger partial charge is 0.492 e. The number of para-hydroxylation sites is 1. The van der Waals surface area contributed by atoms with Gasteiger partial charge in [0, 0.05) is 29.4 Å². The third-order valence-electron chi connectivity index (χ3n) is 4.14. The molecule has 0 aliphatic carbocycles. The van der Waals surface area contributed by atoms with Crippen molar-refractivity contribution in [2.75, 3.05) is 23.1 Å². The van der Waals surface area contributed by atoms with Gasteiger partial charge in [0.1, 0.15) is 5.70 Å². The van der Waals surface area contributed by atoms with Gasteiger partial charge in [-0.25, -0.2) is 5.01 Å². The Balaban J connectivity index is 0.00000196. The molecule has 2 aromatic rings. The molecule has 2 aliphatic rings. The summed E-state index contributed by atoms with van der Waals surface area (Å²) in [6.07, 6.45) is 1.91. The fraction of sp³-hybridized carbons (Fsp3) is 0.111. The lowest BCUT2D eigenvalue weighted by molar-refractivity contribution is 0.388. The van der Waals surface area contributed by atoms with E-state index < -0.39 is 0 Å². The number of nitrogens with zero attached hydrogens (tertiary/aromatic N) is 2. The fourth-order valence-electron chi connectivity index (χ4n) is 2.96. The van der Waals surface area contributed by atoms with E-state index in [4.69, 9.17) is 17.3 Å². The molecule has 0 saturated carbocycles. The highest BCUT2D eigenvalue weighted by molar-refractivity contribution is 6.30. The molecule has 2 aromatic carbocycles. The summed E-state index contributed by atoms with van der Waals surface area (Å²) < 4.78 is 0. The van der Waals surface area contributed by atoms with E-state index in [-0.39, 0.29) is 11.4 Å². The number of benzene rings is 2. The molecule has 0 unspecified atom stereocenters. The van der Waals surface area contributed by atoms with Gasteiger partial charge in [-0.15, -0.1) is 5.53 Å². The minimum absolute atomic E-state index is 0. The molecular formula is C18H20ClN5O2. The van der Waals surface area contributed by atoms with Crippen LogP contribution in [0.4, 0.5) is 11.4 Å². The molecule has 0 amide bonds. The van der Waals surface area contributed by atoms with E-state index in [9.17, 15) is 5.11 Å². The van der Waals surface area contributed by atoms with Crippen LogP contribution in [0.15, 0.2) is 66.2 Å². The number of aliphatic hydroxyl groups excluding tert-OH is 1. The molecule has 4 rings (SSSR count). The Hall–Kier alpha value is -2.71. The number of anilines is 2. The van der Waals surface area contributed by atoms with Crippen molar-refractivity contribution in [3.63, 3.8) is 0 Å². The highest BCUT2D eigenvalue weighted by Crippen LogP contribution is 2.38. The van der Waals surface area contributed by atoms with E-state index in [1.54, 1.807) is 17.1 Å². The maximum Gasteiger partial charge on any atom is 0.234 e. The third kappa shape index (κ3) is 2.97. The molecule has 0 bridgehead atoms. The first kappa shape index (κ1) is 18.1. The highest BCUT2D eigenvalue weighted by atomic mass is 35.5. The topological polar surface area (TPSA) is 108 Å². The summed E-state index contributed by atoms with van der Waals surface area (Å²) in [5.74, 6) is 0.115. The second-order valence-electron chi connectivity index (χ2n) is 5.75. The Morgan fingerprint density at radius 2 is 1.81 bits per heavy atom. The van der Waals surface area contributed by atoms with Gasteiger partial charge in [0.25, 0.3) is 0 Å². The maximum absolute atomic E-state index is 10.7. The van der Waals surface area contributed by atoms with Crippen molar-refractivity contribution in [1.29, 1.82) is 0 Å². The lowest BCUT2D eigenvalue weighted by Crippen LogP contribution is -2.43. The van der Waals surface area contributed by atoms with Crippen LogP contribution in [0.25, 0.3) is 5.70 Å². The van der Waals surface area contributed by atoms with Gasteiger partial charge in [0.2, 0.25) is 5.88 Å². The molecule has 2 heterocycles. The van der Waals surface area contributed by atoms with Gasteiger partial charge in [-0.1, -0.05) is 29.8 Å². The number of fused-ring (bicyclic) bond motifs is 3. The molecule has 0 saturated heterocycles. The van der Waals surface area contributed by atoms with Gasteiger partial charge in [-0.05, 0) is 36.4 Å². The minimum Gasteiger partial charge on any atom is -0.492 e. The molecule has 0 aromatic heterocycles. The normalized spacial score (nSPS) is 15.2. The number of rotatable bonds is 4. The zero-order valence-electron chi connectivity index (χ0n) is 13.9. The van der Waals surface area contributed by atoms with Crippen LogP contribution in [0.2, 0.25) is 5.02 Å². The standard InChI is InChI=1S/C18H18ClN5O.H2O/c19-12-5-7-13(8-6-12)23-18(25)17-11-15(21-10-9-20)14-3-1-2-4-16(14)24(17)22-23;/h1-8,11,21-22,25H,9-10,20H2;1H2. The molecular weight excluding hydrogens is 354 g/mol. The maximum atomic E-state index is 10.7. The molecule has 7 N–H and O–H groups in total. The number of hydrogen-bond acceptors (Lipinski definition) is 6. The molecule has 0 spiro atoms. The Kier molecular flexibility index (Phi) is 5.06. The fourth-order valence-corrected chi connectivity index (χ4v) is 3.09. The molecule has 136 valence electrons. The summed E-state index contributed by atoms with van der Waals surface area (Å²) in [4.78, 5) is 0. The smallest absolute Gasteiger partial charge is 0.234 e. The van der Waals surface area contributed by atoms with E-state index in [1.807, 2.05) is 47.5 Å². The molecule has 0 radical (unpaired) electrons. The monoisotopic (exact) mass is 373 g/mol. The number of aliphatic hydroxyl groups is 1. The van der Waals surface area contributed by atoms with Gasteiger partial charge >= 0.3 is 0 Å². The van der Waals surface area contributed by atoms with E-state index in [1.165, 1.54) is 0 Å². The summed E-state index contributed by atoms with van der Waals surface area (Å²) in [6.45, 7) is 1.19. The highest BCUT2D eigenvalue weighted by Gasteiger charge is 2.34. The summed E-state index contributed by atoms with van der Waals surface area (Å²) in [6, 6.07) is 15.2. The van der Waals surface area contributed by atoms with Crippen molar-refractivity contribution >= 4 is 28.7 Å². The third-order valence-corrected chi connectivity index (χ3v) is 4.39. The molecule has 7 nitrogen and oxygen atoms in total. The average molecular weight is 374 g/mol. The molecule has 0 atom stereocenters. The van der Waals surface area contributed by atoms with Crippen molar-refractivity contribution in [2.45, 2.75) is 0 Å². The molecule has 26 heavy (non-hydrogen) atoms. The Morgan fingerprint density at radius 1 is 1.08 bits per heavy atom. The first-order valence-electron chi connectivity index (χ1n) is 7.99. The Morgan fingerprint density at radius 3 is 2.54 bits per heavy atom. The van der Waals surface area contributed by atoms with E-state index in [0.29, 0.717) is 23.8 Å². The lowest BCUT2D eigenvalue weighted by Gasteiger charge is -2.29. The molecule has 8 heteroatoms. The van der Waals surface area contributed by atoms with Crippen LogP contribution in [0, 0.1) is 0 Å². The predicted molar refractivity (Wildman–Crippen MR) is 104 cm³/mol. The number of hydrazine groups is 2. The van der Waals surface area contributed by atoms with Crippen LogP contribution >= 0.6 is 11.6 Å². The number of halogens is 1. The number of allylic oxidation sites excluding steroid dienone is 1. The van der Waals surface area contributed by atoms with Gasteiger partial charge in [-0.3, -0.25) is 5.01 Å². The van der Waals surface area contributed by atoms with E-state index in [2.05, 4.69) is 10.9 Å². The zero-order chi connectivity index (χ0) is 17.4. The van der Waals surface area contributed by atoms with E-state index in [0.717, 1.165) is 22.6 Å². The van der Waals surface area contributed by atoms with E-state index >= 15 is 0 Å².